The molecule has 1 aromatic carbocycles. The summed E-state index contributed by atoms with van der Waals surface area (Å²) >= 11 is 1.48. The lowest BCUT2D eigenvalue weighted by atomic mass is 10.2. The molecule has 1 aromatic heterocycles. The van der Waals surface area contributed by atoms with E-state index in [0.717, 1.165) is 29.0 Å². The van der Waals surface area contributed by atoms with Crippen LogP contribution in [0, 0.1) is 18.3 Å². The van der Waals surface area contributed by atoms with Crippen LogP contribution in [0.15, 0.2) is 46.9 Å². The number of hydrogen-bond acceptors (Lipinski definition) is 5. The van der Waals surface area contributed by atoms with Crippen LogP contribution in [0.2, 0.25) is 0 Å². The van der Waals surface area contributed by atoms with Crippen LogP contribution in [-0.2, 0) is 14.8 Å². The van der Waals surface area contributed by atoms with E-state index < -0.39 is 15.9 Å². The number of carbonyl (C=O) groups excluding carboxylic acids is 1. The van der Waals surface area contributed by atoms with Gasteiger partial charge in [-0.2, -0.15) is 9.57 Å². The second kappa shape index (κ2) is 8.69. The van der Waals surface area contributed by atoms with Crippen LogP contribution in [0.25, 0.3) is 6.08 Å². The first-order valence-corrected chi connectivity index (χ1v) is 11.3. The first kappa shape index (κ1) is 20.3. The van der Waals surface area contributed by atoms with Crippen molar-refractivity contribution in [2.75, 3.05) is 18.4 Å². The zero-order valence-corrected chi connectivity index (χ0v) is 17.1. The minimum Gasteiger partial charge on any atom is -0.321 e. The van der Waals surface area contributed by atoms with Gasteiger partial charge in [0.2, 0.25) is 10.0 Å². The second-order valence-corrected chi connectivity index (χ2v) is 9.82. The van der Waals surface area contributed by atoms with Gasteiger partial charge in [-0.25, -0.2) is 8.42 Å². The number of anilines is 1. The molecule has 6 nitrogen and oxygen atoms in total. The van der Waals surface area contributed by atoms with Crippen molar-refractivity contribution >= 4 is 39.0 Å². The van der Waals surface area contributed by atoms with Crippen LogP contribution in [0.5, 0.6) is 0 Å². The zero-order chi connectivity index (χ0) is 20.1. The summed E-state index contributed by atoms with van der Waals surface area (Å²) in [6.45, 7) is 2.98. The summed E-state index contributed by atoms with van der Waals surface area (Å²) < 4.78 is 27.1. The highest BCUT2D eigenvalue weighted by molar-refractivity contribution is 7.89. The highest BCUT2D eigenvalue weighted by atomic mass is 32.2. The maximum Gasteiger partial charge on any atom is 0.266 e. The van der Waals surface area contributed by atoms with Gasteiger partial charge in [0.05, 0.1) is 4.90 Å². The molecule has 1 aliphatic heterocycles. The molecular weight excluding hydrogens is 394 g/mol. The van der Waals surface area contributed by atoms with Crippen molar-refractivity contribution < 1.29 is 13.2 Å². The highest BCUT2D eigenvalue weighted by Gasteiger charge is 2.26. The van der Waals surface area contributed by atoms with Crippen molar-refractivity contribution in [2.45, 2.75) is 31.1 Å². The Morgan fingerprint density at radius 2 is 1.96 bits per heavy atom. The fourth-order valence-corrected chi connectivity index (χ4v) is 5.39. The summed E-state index contributed by atoms with van der Waals surface area (Å²) in [4.78, 5) is 14.5. The minimum atomic E-state index is -3.59. The van der Waals surface area contributed by atoms with Gasteiger partial charge >= 0.3 is 0 Å². The molecule has 8 heteroatoms. The molecule has 1 saturated heterocycles. The third-order valence-electron chi connectivity index (χ3n) is 4.46. The predicted molar refractivity (Wildman–Crippen MR) is 110 cm³/mol. The molecule has 0 atom stereocenters. The quantitative estimate of drug-likeness (QED) is 0.594. The Balaban J connectivity index is 1.79. The van der Waals surface area contributed by atoms with Crippen molar-refractivity contribution in [3.63, 3.8) is 0 Å². The van der Waals surface area contributed by atoms with Gasteiger partial charge in [0.15, 0.2) is 0 Å². The van der Waals surface area contributed by atoms with E-state index in [2.05, 4.69) is 5.32 Å². The number of sulfonamides is 1. The maximum absolute atomic E-state index is 12.8. The minimum absolute atomic E-state index is 0.0360. The summed E-state index contributed by atoms with van der Waals surface area (Å²) in [6.07, 6.45) is 4.28. The first-order chi connectivity index (χ1) is 13.4. The first-order valence-electron chi connectivity index (χ1n) is 9.00. The lowest BCUT2D eigenvalue weighted by Crippen LogP contribution is -2.35. The Hall–Kier alpha value is -2.47. The third-order valence-corrected chi connectivity index (χ3v) is 7.30. The topological polar surface area (TPSA) is 90.3 Å². The standard InChI is InChI=1S/C20H21N3O3S2/c1-15-8-9-18(27-15)12-16(14-21)20(24)22-17-6-5-7-19(13-17)28(25,26)23-10-3-2-4-11-23/h5-9,12-13H,2-4,10-11H2,1H3,(H,22,24)/b16-12+. The number of benzene rings is 1. The van der Waals surface area contributed by atoms with Gasteiger partial charge in [-0.15, -0.1) is 11.3 Å². The fraction of sp³-hybridized carbons (Fsp3) is 0.300. The number of thiophene rings is 1. The SMILES string of the molecule is Cc1ccc(/C=C(\C#N)C(=O)Nc2cccc(S(=O)(=O)N3CCCCC3)c2)s1. The molecule has 0 unspecified atom stereocenters. The monoisotopic (exact) mass is 415 g/mol. The largest absolute Gasteiger partial charge is 0.321 e. The average Bonchev–Trinajstić information content (AvgIpc) is 3.11. The number of nitrogens with one attached hydrogen (secondary N) is 1. The van der Waals surface area contributed by atoms with Gasteiger partial charge in [-0.1, -0.05) is 12.5 Å². The normalized spacial score (nSPS) is 15.8. The Morgan fingerprint density at radius 3 is 2.61 bits per heavy atom. The highest BCUT2D eigenvalue weighted by Crippen LogP contribution is 2.23. The van der Waals surface area contributed by atoms with E-state index in [1.807, 2.05) is 25.1 Å². The summed E-state index contributed by atoms with van der Waals surface area (Å²) in [5.41, 5.74) is 0.303. The third kappa shape index (κ3) is 4.68. The van der Waals surface area contributed by atoms with Crippen molar-refractivity contribution in [1.29, 1.82) is 5.26 Å². The van der Waals surface area contributed by atoms with Crippen LogP contribution in [0.4, 0.5) is 5.69 Å². The number of piperidine rings is 1. The Morgan fingerprint density at radius 1 is 1.21 bits per heavy atom. The maximum atomic E-state index is 12.8. The summed E-state index contributed by atoms with van der Waals surface area (Å²) in [6, 6.07) is 11.8. The molecule has 0 radical (unpaired) electrons. The summed E-state index contributed by atoms with van der Waals surface area (Å²) in [5.74, 6) is -0.568. The molecule has 1 N–H and O–H groups in total. The number of carbonyl (C=O) groups is 1. The van der Waals surface area contributed by atoms with E-state index in [4.69, 9.17) is 0 Å². The number of nitrogens with zero attached hydrogens (tertiary/aromatic N) is 2. The van der Waals surface area contributed by atoms with Crippen LogP contribution >= 0.6 is 11.3 Å². The Bertz CT molecular complexity index is 1040. The van der Waals surface area contributed by atoms with Crippen molar-refractivity contribution in [1.82, 2.24) is 4.31 Å². The van der Waals surface area contributed by atoms with Crippen LogP contribution in [0.1, 0.15) is 29.0 Å². The number of amides is 1. The molecule has 0 spiro atoms. The van der Waals surface area contributed by atoms with Crippen LogP contribution in [-0.4, -0.2) is 31.7 Å². The van der Waals surface area contributed by atoms with Crippen LogP contribution < -0.4 is 5.32 Å². The number of aryl methyl sites for hydroxylation is 1. The molecule has 0 saturated carbocycles. The van der Waals surface area contributed by atoms with Crippen LogP contribution in [0.3, 0.4) is 0 Å². The van der Waals surface area contributed by atoms with Gasteiger partial charge < -0.3 is 5.32 Å². The van der Waals surface area contributed by atoms with Crippen molar-refractivity contribution in [3.05, 3.63) is 51.7 Å². The summed E-state index contributed by atoms with van der Waals surface area (Å²) in [7, 11) is -3.59. The molecule has 146 valence electrons. The average molecular weight is 416 g/mol. The van der Waals surface area contributed by atoms with E-state index in [1.54, 1.807) is 12.1 Å². The molecule has 1 fully saturated rings. The van der Waals surface area contributed by atoms with Crippen molar-refractivity contribution in [2.24, 2.45) is 0 Å². The van der Waals surface area contributed by atoms with Gasteiger partial charge in [0.25, 0.3) is 5.91 Å². The number of hydrogen-bond donors (Lipinski definition) is 1. The molecule has 2 aromatic rings. The second-order valence-electron chi connectivity index (χ2n) is 6.56. The Labute approximate surface area is 169 Å². The molecule has 0 aliphatic carbocycles. The molecule has 1 aliphatic rings. The summed E-state index contributed by atoms with van der Waals surface area (Å²) in [5, 5.41) is 11.9. The van der Waals surface area contributed by atoms with Gasteiger partial charge in [0, 0.05) is 28.5 Å². The Kier molecular flexibility index (Phi) is 6.29. The molecule has 0 bridgehead atoms. The molecule has 3 rings (SSSR count). The number of nitriles is 1. The number of rotatable bonds is 5. The van der Waals surface area contributed by atoms with E-state index in [0.29, 0.717) is 18.8 Å². The molecule has 2 heterocycles. The van der Waals surface area contributed by atoms with Gasteiger partial charge in [0.1, 0.15) is 11.6 Å². The predicted octanol–water partition coefficient (Wildman–Crippen LogP) is 3.78. The van der Waals surface area contributed by atoms with Gasteiger partial charge in [-0.05, 0) is 56.2 Å². The lowest BCUT2D eigenvalue weighted by Gasteiger charge is -2.26. The zero-order valence-electron chi connectivity index (χ0n) is 15.5. The van der Waals surface area contributed by atoms with E-state index in [1.165, 1.54) is 33.9 Å². The van der Waals surface area contributed by atoms with E-state index in [-0.39, 0.29) is 10.5 Å². The molecular formula is C20H21N3O3S2. The van der Waals surface area contributed by atoms with Gasteiger partial charge in [-0.3, -0.25) is 4.79 Å². The molecule has 28 heavy (non-hydrogen) atoms. The van der Waals surface area contributed by atoms with Crippen molar-refractivity contribution in [3.8, 4) is 6.07 Å². The lowest BCUT2D eigenvalue weighted by molar-refractivity contribution is -0.112. The smallest absolute Gasteiger partial charge is 0.266 e. The van der Waals surface area contributed by atoms with E-state index in [9.17, 15) is 18.5 Å². The fourth-order valence-electron chi connectivity index (χ4n) is 3.01. The van der Waals surface area contributed by atoms with E-state index >= 15 is 0 Å². The molecule has 1 amide bonds.